The lowest BCUT2D eigenvalue weighted by atomic mass is 10.2. The molecule has 0 saturated carbocycles. The van der Waals surface area contributed by atoms with E-state index >= 15 is 0 Å². The maximum absolute atomic E-state index is 10.6. The molecule has 1 aromatic heterocycles. The molecule has 0 bridgehead atoms. The molecule has 2 aromatic rings. The van der Waals surface area contributed by atoms with Gasteiger partial charge in [0, 0.05) is 28.4 Å². The summed E-state index contributed by atoms with van der Waals surface area (Å²) in [4.78, 5) is 12.6. The Hall–Kier alpha value is -1.72. The summed E-state index contributed by atoms with van der Waals surface area (Å²) in [5, 5.41) is 14.0. The smallest absolute Gasteiger partial charge is 0.269 e. The number of benzene rings is 1. The molecule has 100 valence electrons. The van der Waals surface area contributed by atoms with Gasteiger partial charge < -0.3 is 5.32 Å². The average Bonchev–Trinajstić information content (AvgIpc) is 2.88. The molecule has 1 aromatic carbocycles. The Bertz CT molecular complexity index is 549. The minimum absolute atomic E-state index is 0.130. The van der Waals surface area contributed by atoms with Crippen molar-refractivity contribution in [3.63, 3.8) is 0 Å². The summed E-state index contributed by atoms with van der Waals surface area (Å²) in [6.45, 7) is 4.04. The second-order valence-electron chi connectivity index (χ2n) is 4.25. The highest BCUT2D eigenvalue weighted by molar-refractivity contribution is 7.15. The Morgan fingerprint density at radius 3 is 2.58 bits per heavy atom. The summed E-state index contributed by atoms with van der Waals surface area (Å²) in [6.07, 6.45) is 1.13. The van der Waals surface area contributed by atoms with Crippen molar-refractivity contribution in [1.82, 2.24) is 5.32 Å². The second-order valence-corrected chi connectivity index (χ2v) is 5.42. The minimum Gasteiger partial charge on any atom is -0.312 e. The van der Waals surface area contributed by atoms with Crippen molar-refractivity contribution < 1.29 is 4.92 Å². The third-order valence-electron chi connectivity index (χ3n) is 2.75. The number of hydrogen-bond donors (Lipinski definition) is 1. The molecular weight excluding hydrogens is 260 g/mol. The van der Waals surface area contributed by atoms with Gasteiger partial charge in [-0.05, 0) is 42.8 Å². The molecule has 0 spiro atoms. The zero-order valence-electron chi connectivity index (χ0n) is 10.8. The Morgan fingerprint density at radius 1 is 1.21 bits per heavy atom. The van der Waals surface area contributed by atoms with Gasteiger partial charge in [-0.3, -0.25) is 10.1 Å². The monoisotopic (exact) mass is 276 g/mol. The van der Waals surface area contributed by atoms with Crippen LogP contribution in [0.4, 0.5) is 5.69 Å². The number of thiophene rings is 1. The van der Waals surface area contributed by atoms with Gasteiger partial charge in [0.05, 0.1) is 4.92 Å². The topological polar surface area (TPSA) is 55.2 Å². The van der Waals surface area contributed by atoms with E-state index in [9.17, 15) is 10.1 Å². The number of rotatable bonds is 6. The van der Waals surface area contributed by atoms with Gasteiger partial charge in [0.1, 0.15) is 0 Å². The second kappa shape index (κ2) is 6.45. The first-order valence-electron chi connectivity index (χ1n) is 6.25. The first-order valence-corrected chi connectivity index (χ1v) is 7.06. The van der Waals surface area contributed by atoms with Crippen LogP contribution in [0.1, 0.15) is 18.2 Å². The molecule has 1 heterocycles. The molecule has 0 aliphatic carbocycles. The molecule has 0 radical (unpaired) electrons. The predicted molar refractivity (Wildman–Crippen MR) is 78.4 cm³/mol. The fourth-order valence-electron chi connectivity index (χ4n) is 1.76. The average molecular weight is 276 g/mol. The van der Waals surface area contributed by atoms with Crippen LogP contribution in [0.15, 0.2) is 36.4 Å². The summed E-state index contributed by atoms with van der Waals surface area (Å²) < 4.78 is 0. The van der Waals surface area contributed by atoms with E-state index < -0.39 is 0 Å². The van der Waals surface area contributed by atoms with Gasteiger partial charge in [-0.1, -0.05) is 6.92 Å². The van der Waals surface area contributed by atoms with Crippen LogP contribution in [0.2, 0.25) is 0 Å². The molecule has 1 N–H and O–H groups in total. The van der Waals surface area contributed by atoms with E-state index in [1.54, 1.807) is 35.6 Å². The van der Waals surface area contributed by atoms with Gasteiger partial charge in [-0.2, -0.15) is 0 Å². The fraction of sp³-hybridized carbons (Fsp3) is 0.286. The summed E-state index contributed by atoms with van der Waals surface area (Å²) in [5.41, 5.74) is 1.16. The highest BCUT2D eigenvalue weighted by atomic mass is 32.1. The maximum Gasteiger partial charge on any atom is 0.269 e. The van der Waals surface area contributed by atoms with E-state index in [0.717, 1.165) is 30.0 Å². The van der Waals surface area contributed by atoms with Crippen LogP contribution >= 0.6 is 11.3 Å². The van der Waals surface area contributed by atoms with E-state index in [4.69, 9.17) is 0 Å². The van der Waals surface area contributed by atoms with Crippen molar-refractivity contribution in [2.45, 2.75) is 19.9 Å². The van der Waals surface area contributed by atoms with Gasteiger partial charge >= 0.3 is 0 Å². The van der Waals surface area contributed by atoms with Crippen molar-refractivity contribution in [1.29, 1.82) is 0 Å². The molecule has 2 rings (SSSR count). The molecule has 4 nitrogen and oxygen atoms in total. The normalized spacial score (nSPS) is 10.6. The van der Waals surface area contributed by atoms with E-state index in [1.807, 2.05) is 0 Å². The summed E-state index contributed by atoms with van der Waals surface area (Å²) in [6, 6.07) is 10.9. The summed E-state index contributed by atoms with van der Waals surface area (Å²) in [7, 11) is 0. The van der Waals surface area contributed by atoms with Gasteiger partial charge in [0.25, 0.3) is 5.69 Å². The van der Waals surface area contributed by atoms with Crippen LogP contribution in [0.25, 0.3) is 10.4 Å². The van der Waals surface area contributed by atoms with Crippen LogP contribution in [0, 0.1) is 10.1 Å². The molecule has 0 saturated heterocycles. The highest BCUT2D eigenvalue weighted by Gasteiger charge is 2.07. The van der Waals surface area contributed by atoms with Crippen molar-refractivity contribution >= 4 is 17.0 Å². The quantitative estimate of drug-likeness (QED) is 0.495. The van der Waals surface area contributed by atoms with Crippen molar-refractivity contribution in [3.8, 4) is 10.4 Å². The molecule has 0 aliphatic rings. The molecule has 0 amide bonds. The Balaban J connectivity index is 2.07. The van der Waals surface area contributed by atoms with Gasteiger partial charge in [-0.15, -0.1) is 11.3 Å². The van der Waals surface area contributed by atoms with Gasteiger partial charge in [0.2, 0.25) is 0 Å². The highest BCUT2D eigenvalue weighted by Crippen LogP contribution is 2.29. The van der Waals surface area contributed by atoms with Crippen molar-refractivity contribution in [2.24, 2.45) is 0 Å². The molecule has 0 aliphatic heterocycles. The van der Waals surface area contributed by atoms with Gasteiger partial charge in [0.15, 0.2) is 0 Å². The van der Waals surface area contributed by atoms with Crippen molar-refractivity contribution in [3.05, 3.63) is 51.4 Å². The van der Waals surface area contributed by atoms with E-state index in [-0.39, 0.29) is 10.6 Å². The maximum atomic E-state index is 10.6. The number of nitrogens with zero attached hydrogens (tertiary/aromatic N) is 1. The van der Waals surface area contributed by atoms with Crippen LogP contribution in [0.3, 0.4) is 0 Å². The van der Waals surface area contributed by atoms with Gasteiger partial charge in [-0.25, -0.2) is 0 Å². The lowest BCUT2D eigenvalue weighted by molar-refractivity contribution is -0.384. The first kappa shape index (κ1) is 13.7. The summed E-state index contributed by atoms with van der Waals surface area (Å²) in [5.74, 6) is 0. The number of hydrogen-bond acceptors (Lipinski definition) is 4. The lowest BCUT2D eigenvalue weighted by Gasteiger charge is -1.99. The molecule has 0 fully saturated rings. The third-order valence-corrected chi connectivity index (χ3v) is 3.88. The zero-order chi connectivity index (χ0) is 13.7. The molecule has 19 heavy (non-hydrogen) atoms. The molecule has 0 atom stereocenters. The van der Waals surface area contributed by atoms with Crippen LogP contribution in [0.5, 0.6) is 0 Å². The minimum atomic E-state index is -0.377. The number of nitrogens with one attached hydrogen (secondary N) is 1. The summed E-state index contributed by atoms with van der Waals surface area (Å²) >= 11 is 1.72. The molecular formula is C14H16N2O2S. The van der Waals surface area contributed by atoms with E-state index in [1.165, 1.54) is 4.88 Å². The number of nitro benzene ring substituents is 1. The first-order chi connectivity index (χ1) is 9.20. The Kier molecular flexibility index (Phi) is 4.65. The third kappa shape index (κ3) is 3.62. The molecule has 5 heteroatoms. The fourth-order valence-corrected chi connectivity index (χ4v) is 2.75. The zero-order valence-corrected chi connectivity index (χ0v) is 11.6. The van der Waals surface area contributed by atoms with E-state index in [0.29, 0.717) is 0 Å². The number of non-ortho nitro benzene ring substituents is 1. The van der Waals surface area contributed by atoms with E-state index in [2.05, 4.69) is 24.4 Å². The Labute approximate surface area is 116 Å². The predicted octanol–water partition coefficient (Wildman–Crippen LogP) is 3.82. The van der Waals surface area contributed by atoms with Crippen LogP contribution in [-0.2, 0) is 6.54 Å². The number of nitro groups is 1. The SMILES string of the molecule is CCCNCc1ccc(-c2ccc([N+](=O)[O-])cc2)s1. The largest absolute Gasteiger partial charge is 0.312 e. The molecule has 0 unspecified atom stereocenters. The van der Waals surface area contributed by atoms with Crippen LogP contribution < -0.4 is 5.32 Å². The standard InChI is InChI=1S/C14H16N2O2S/c1-2-9-15-10-13-7-8-14(19-13)11-3-5-12(6-4-11)16(17)18/h3-8,15H,2,9-10H2,1H3. The van der Waals surface area contributed by atoms with Crippen LogP contribution in [-0.4, -0.2) is 11.5 Å². The van der Waals surface area contributed by atoms with Crippen molar-refractivity contribution in [2.75, 3.05) is 6.54 Å². The lowest BCUT2D eigenvalue weighted by Crippen LogP contribution is -2.12. The Morgan fingerprint density at radius 2 is 1.95 bits per heavy atom.